The highest BCUT2D eigenvalue weighted by Gasteiger charge is 2.28. The van der Waals surface area contributed by atoms with E-state index in [9.17, 15) is 4.79 Å². The Balaban J connectivity index is 2.00. The minimum Gasteiger partial charge on any atom is -0.467 e. The summed E-state index contributed by atoms with van der Waals surface area (Å²) in [4.78, 5) is 14.3. The molecule has 0 saturated carbocycles. The first kappa shape index (κ1) is 15.9. The normalized spacial score (nSPS) is 20.3. The molecule has 118 valence electrons. The number of urea groups is 1. The Morgan fingerprint density at radius 3 is 3.14 bits per heavy atom. The van der Waals surface area contributed by atoms with Crippen molar-refractivity contribution in [2.75, 3.05) is 26.9 Å². The van der Waals surface area contributed by atoms with Gasteiger partial charge in [-0.05, 0) is 37.8 Å². The summed E-state index contributed by atoms with van der Waals surface area (Å²) >= 11 is 0. The highest BCUT2D eigenvalue weighted by Crippen LogP contribution is 2.21. The van der Waals surface area contributed by atoms with Crippen LogP contribution in [0.25, 0.3) is 0 Å². The van der Waals surface area contributed by atoms with Crippen molar-refractivity contribution in [2.24, 2.45) is 0 Å². The summed E-state index contributed by atoms with van der Waals surface area (Å²) < 4.78 is 10.5. The van der Waals surface area contributed by atoms with Crippen molar-refractivity contribution in [2.45, 2.75) is 37.8 Å². The van der Waals surface area contributed by atoms with Crippen molar-refractivity contribution in [3.05, 3.63) is 24.2 Å². The van der Waals surface area contributed by atoms with E-state index in [4.69, 9.17) is 14.3 Å². The van der Waals surface area contributed by atoms with Crippen molar-refractivity contribution in [1.82, 2.24) is 10.2 Å². The summed E-state index contributed by atoms with van der Waals surface area (Å²) in [6, 6.07) is 3.31. The van der Waals surface area contributed by atoms with E-state index in [0.29, 0.717) is 18.8 Å². The Kier molecular flexibility index (Phi) is 6.07. The second-order valence-corrected chi connectivity index (χ2v) is 5.33. The molecule has 0 bridgehead atoms. The van der Waals surface area contributed by atoms with Crippen LogP contribution in [0.15, 0.2) is 22.8 Å². The first-order valence-corrected chi connectivity index (χ1v) is 7.46. The number of rotatable bonds is 6. The van der Waals surface area contributed by atoms with E-state index >= 15 is 0 Å². The summed E-state index contributed by atoms with van der Waals surface area (Å²) in [5.41, 5.74) is 0. The van der Waals surface area contributed by atoms with Crippen LogP contribution >= 0.6 is 0 Å². The van der Waals surface area contributed by atoms with E-state index in [1.165, 1.54) is 0 Å². The number of aliphatic hydroxyl groups excluding tert-OH is 1. The number of hydrogen-bond acceptors (Lipinski definition) is 4. The molecule has 1 aromatic heterocycles. The predicted molar refractivity (Wildman–Crippen MR) is 77.9 cm³/mol. The topological polar surface area (TPSA) is 74.9 Å². The zero-order valence-corrected chi connectivity index (χ0v) is 12.5. The second kappa shape index (κ2) is 8.05. The largest absolute Gasteiger partial charge is 0.467 e. The quantitative estimate of drug-likeness (QED) is 0.841. The molecule has 1 aliphatic heterocycles. The van der Waals surface area contributed by atoms with Gasteiger partial charge < -0.3 is 24.5 Å². The molecule has 2 amide bonds. The number of hydrogen-bond donors (Lipinski definition) is 2. The monoisotopic (exact) mass is 296 g/mol. The number of amides is 2. The number of carbonyl (C=O) groups excluding carboxylic acids is 1. The molecule has 1 saturated heterocycles. The van der Waals surface area contributed by atoms with Crippen LogP contribution in [0.4, 0.5) is 4.79 Å². The van der Waals surface area contributed by atoms with E-state index in [1.54, 1.807) is 19.4 Å². The van der Waals surface area contributed by atoms with Gasteiger partial charge in [0.2, 0.25) is 0 Å². The van der Waals surface area contributed by atoms with Gasteiger partial charge in [0.25, 0.3) is 0 Å². The average molecular weight is 296 g/mol. The van der Waals surface area contributed by atoms with Gasteiger partial charge in [0.1, 0.15) is 11.8 Å². The zero-order chi connectivity index (χ0) is 15.1. The zero-order valence-electron chi connectivity index (χ0n) is 12.5. The molecule has 2 N–H and O–H groups in total. The smallest absolute Gasteiger partial charge is 0.318 e. The molecular formula is C15H24N2O4. The summed E-state index contributed by atoms with van der Waals surface area (Å²) in [7, 11) is 1.59. The molecule has 6 heteroatoms. The third-order valence-corrected chi connectivity index (χ3v) is 3.87. The molecule has 1 aliphatic rings. The lowest BCUT2D eigenvalue weighted by atomic mass is 10.00. The maximum Gasteiger partial charge on any atom is 0.318 e. The molecule has 2 atom stereocenters. The number of methoxy groups -OCH3 is 1. The molecule has 1 fully saturated rings. The van der Waals surface area contributed by atoms with Crippen molar-refractivity contribution < 1.29 is 19.1 Å². The van der Waals surface area contributed by atoms with Crippen molar-refractivity contribution >= 4 is 6.03 Å². The van der Waals surface area contributed by atoms with Crippen LogP contribution in [0.5, 0.6) is 0 Å². The minimum absolute atomic E-state index is 0.105. The van der Waals surface area contributed by atoms with E-state index in [-0.39, 0.29) is 24.7 Å². The highest BCUT2D eigenvalue weighted by molar-refractivity contribution is 5.75. The average Bonchev–Trinajstić information content (AvgIpc) is 3.02. The fraction of sp³-hybridized carbons (Fsp3) is 0.667. The van der Waals surface area contributed by atoms with E-state index in [1.807, 2.05) is 11.0 Å². The van der Waals surface area contributed by atoms with Crippen LogP contribution in [-0.2, 0) is 4.74 Å². The number of ether oxygens (including phenoxy) is 1. The van der Waals surface area contributed by atoms with E-state index in [0.717, 1.165) is 25.8 Å². The van der Waals surface area contributed by atoms with Gasteiger partial charge in [-0.25, -0.2) is 4.79 Å². The van der Waals surface area contributed by atoms with Gasteiger partial charge in [-0.2, -0.15) is 0 Å². The van der Waals surface area contributed by atoms with Crippen LogP contribution in [0.3, 0.4) is 0 Å². The fourth-order valence-corrected chi connectivity index (χ4v) is 2.80. The lowest BCUT2D eigenvalue weighted by Gasteiger charge is -2.36. The fourth-order valence-electron chi connectivity index (χ4n) is 2.80. The first-order valence-electron chi connectivity index (χ1n) is 7.46. The number of aliphatic hydroxyl groups is 1. The summed E-state index contributed by atoms with van der Waals surface area (Å²) in [6.07, 6.45) is 5.27. The molecule has 2 heterocycles. The number of nitrogens with one attached hydrogen (secondary N) is 1. The summed E-state index contributed by atoms with van der Waals surface area (Å²) in [5.74, 6) is 0.681. The predicted octanol–water partition coefficient (Wildman–Crippen LogP) is 1.91. The number of piperidine rings is 1. The minimum atomic E-state index is -0.297. The van der Waals surface area contributed by atoms with Gasteiger partial charge in [-0.3, -0.25) is 0 Å². The number of furan rings is 1. The van der Waals surface area contributed by atoms with Crippen molar-refractivity contribution in [3.63, 3.8) is 0 Å². The molecular weight excluding hydrogens is 272 g/mol. The summed E-state index contributed by atoms with van der Waals surface area (Å²) in [6.45, 7) is 1.19. The number of carbonyl (C=O) groups is 1. The molecule has 0 spiro atoms. The van der Waals surface area contributed by atoms with Gasteiger partial charge in [0.05, 0.1) is 12.9 Å². The van der Waals surface area contributed by atoms with E-state index in [2.05, 4.69) is 5.32 Å². The van der Waals surface area contributed by atoms with Gasteiger partial charge in [0.15, 0.2) is 0 Å². The molecule has 0 radical (unpaired) electrons. The third kappa shape index (κ3) is 4.22. The van der Waals surface area contributed by atoms with Gasteiger partial charge in [0, 0.05) is 26.3 Å². The lowest BCUT2D eigenvalue weighted by molar-refractivity contribution is 0.117. The van der Waals surface area contributed by atoms with Crippen LogP contribution in [-0.4, -0.2) is 48.9 Å². The van der Waals surface area contributed by atoms with Crippen molar-refractivity contribution in [1.29, 1.82) is 0 Å². The number of likely N-dealkylation sites (tertiary alicyclic amines) is 1. The van der Waals surface area contributed by atoms with Gasteiger partial charge >= 0.3 is 6.03 Å². The first-order chi connectivity index (χ1) is 10.3. The van der Waals surface area contributed by atoms with Gasteiger partial charge in [-0.15, -0.1) is 0 Å². The Morgan fingerprint density at radius 2 is 2.48 bits per heavy atom. The second-order valence-electron chi connectivity index (χ2n) is 5.33. The maximum atomic E-state index is 12.5. The Morgan fingerprint density at radius 1 is 1.62 bits per heavy atom. The molecule has 6 nitrogen and oxygen atoms in total. The molecule has 2 rings (SSSR count). The van der Waals surface area contributed by atoms with E-state index < -0.39 is 0 Å². The SMILES string of the molecule is COCC(NC(=O)N1CCCCC1CCO)c1ccco1. The van der Waals surface area contributed by atoms with Crippen LogP contribution in [0, 0.1) is 0 Å². The Labute approximate surface area is 125 Å². The Hall–Kier alpha value is -1.53. The van der Waals surface area contributed by atoms with Crippen LogP contribution < -0.4 is 5.32 Å². The van der Waals surface area contributed by atoms with Crippen LogP contribution in [0.2, 0.25) is 0 Å². The number of nitrogens with zero attached hydrogens (tertiary/aromatic N) is 1. The molecule has 0 aromatic carbocycles. The third-order valence-electron chi connectivity index (χ3n) is 3.87. The van der Waals surface area contributed by atoms with Gasteiger partial charge in [-0.1, -0.05) is 0 Å². The highest BCUT2D eigenvalue weighted by atomic mass is 16.5. The molecule has 21 heavy (non-hydrogen) atoms. The molecule has 2 unspecified atom stereocenters. The molecule has 1 aromatic rings. The summed E-state index contributed by atoms with van der Waals surface area (Å²) in [5, 5.41) is 12.1. The van der Waals surface area contributed by atoms with Crippen molar-refractivity contribution in [3.8, 4) is 0 Å². The lowest BCUT2D eigenvalue weighted by Crippen LogP contribution is -2.50. The van der Waals surface area contributed by atoms with Crippen LogP contribution in [0.1, 0.15) is 37.5 Å². The standard InChI is InChI=1S/C15H24N2O4/c1-20-11-13(14-6-4-10-21-14)16-15(19)17-8-3-2-5-12(17)7-9-18/h4,6,10,12-13,18H,2-3,5,7-9,11H2,1H3,(H,16,19). The molecule has 0 aliphatic carbocycles. The Bertz CT molecular complexity index is 419. The maximum absolute atomic E-state index is 12.5.